The predicted molar refractivity (Wildman–Crippen MR) is 64.8 cm³/mol. The van der Waals surface area contributed by atoms with Gasteiger partial charge in [-0.3, -0.25) is 0 Å². The molecule has 1 fully saturated rings. The average Bonchev–Trinajstić information content (AvgIpc) is 2.59. The van der Waals surface area contributed by atoms with Crippen molar-refractivity contribution in [2.75, 3.05) is 13.1 Å². The molecular formula is C10H18N4O3S. The summed E-state index contributed by atoms with van der Waals surface area (Å²) in [7, 11) is -3.43. The SMILES string of the molecule is Cc1nonc1CNS(=O)(=O)N1CCCCCC1. The molecule has 1 aromatic rings. The molecule has 102 valence electrons. The first-order valence-electron chi connectivity index (χ1n) is 6.12. The van der Waals surface area contributed by atoms with Crippen molar-refractivity contribution in [3.8, 4) is 0 Å². The molecule has 7 nitrogen and oxygen atoms in total. The van der Waals surface area contributed by atoms with Gasteiger partial charge in [0.15, 0.2) is 0 Å². The fourth-order valence-corrected chi connectivity index (χ4v) is 3.18. The molecule has 1 aliphatic rings. The molecule has 18 heavy (non-hydrogen) atoms. The zero-order valence-electron chi connectivity index (χ0n) is 10.4. The van der Waals surface area contributed by atoms with Crippen LogP contribution in [0.3, 0.4) is 0 Å². The lowest BCUT2D eigenvalue weighted by Crippen LogP contribution is -2.41. The Balaban J connectivity index is 1.96. The first-order valence-corrected chi connectivity index (χ1v) is 7.56. The fourth-order valence-electron chi connectivity index (χ4n) is 1.94. The second-order valence-electron chi connectivity index (χ2n) is 4.44. The van der Waals surface area contributed by atoms with Gasteiger partial charge in [-0.05, 0) is 19.8 Å². The van der Waals surface area contributed by atoms with Gasteiger partial charge in [-0.25, -0.2) is 4.63 Å². The topological polar surface area (TPSA) is 88.3 Å². The van der Waals surface area contributed by atoms with Crippen LogP contribution in [0.4, 0.5) is 0 Å². The summed E-state index contributed by atoms with van der Waals surface area (Å²) in [6.45, 7) is 3.02. The quantitative estimate of drug-likeness (QED) is 0.868. The second-order valence-corrected chi connectivity index (χ2v) is 6.19. The van der Waals surface area contributed by atoms with Gasteiger partial charge < -0.3 is 0 Å². The fraction of sp³-hybridized carbons (Fsp3) is 0.800. The van der Waals surface area contributed by atoms with Gasteiger partial charge in [0.1, 0.15) is 11.4 Å². The molecule has 0 spiro atoms. The summed E-state index contributed by atoms with van der Waals surface area (Å²) in [6, 6.07) is 0. The molecule has 1 N–H and O–H groups in total. The number of hydrogen-bond donors (Lipinski definition) is 1. The number of rotatable bonds is 4. The number of aromatic nitrogens is 2. The maximum atomic E-state index is 12.1. The van der Waals surface area contributed by atoms with Crippen molar-refractivity contribution in [3.63, 3.8) is 0 Å². The molecule has 1 aromatic heterocycles. The number of nitrogens with one attached hydrogen (secondary N) is 1. The molecule has 0 bridgehead atoms. The van der Waals surface area contributed by atoms with E-state index < -0.39 is 10.2 Å². The normalized spacial score (nSPS) is 18.7. The first kappa shape index (κ1) is 13.4. The maximum absolute atomic E-state index is 12.1. The van der Waals surface area contributed by atoms with E-state index in [4.69, 9.17) is 0 Å². The molecule has 0 radical (unpaired) electrons. The van der Waals surface area contributed by atoms with Crippen molar-refractivity contribution in [3.05, 3.63) is 11.4 Å². The van der Waals surface area contributed by atoms with Gasteiger partial charge in [0.05, 0.1) is 6.54 Å². The highest BCUT2D eigenvalue weighted by molar-refractivity contribution is 7.87. The van der Waals surface area contributed by atoms with Crippen LogP contribution in [0.25, 0.3) is 0 Å². The van der Waals surface area contributed by atoms with Gasteiger partial charge in [0.2, 0.25) is 0 Å². The van der Waals surface area contributed by atoms with Crippen LogP contribution in [0.2, 0.25) is 0 Å². The summed E-state index contributed by atoms with van der Waals surface area (Å²) in [4.78, 5) is 0. The van der Waals surface area contributed by atoms with Crippen LogP contribution in [0, 0.1) is 6.92 Å². The molecule has 1 saturated heterocycles. The third-order valence-electron chi connectivity index (χ3n) is 3.07. The van der Waals surface area contributed by atoms with Gasteiger partial charge in [-0.1, -0.05) is 23.2 Å². The Morgan fingerprint density at radius 1 is 1.22 bits per heavy atom. The van der Waals surface area contributed by atoms with Crippen LogP contribution in [0.15, 0.2) is 4.63 Å². The highest BCUT2D eigenvalue weighted by Gasteiger charge is 2.23. The third-order valence-corrected chi connectivity index (χ3v) is 4.63. The Morgan fingerprint density at radius 2 is 1.89 bits per heavy atom. The van der Waals surface area contributed by atoms with Gasteiger partial charge >= 0.3 is 0 Å². The standard InChI is InChI=1S/C10H18N4O3S/c1-9-10(13-17-12-9)8-11-18(15,16)14-6-4-2-3-5-7-14/h11H,2-8H2,1H3. The molecule has 0 saturated carbocycles. The smallest absolute Gasteiger partial charge is 0.244 e. The summed E-state index contributed by atoms with van der Waals surface area (Å²) in [5.41, 5.74) is 1.13. The van der Waals surface area contributed by atoms with Crippen LogP contribution in [-0.2, 0) is 16.8 Å². The van der Waals surface area contributed by atoms with Crippen LogP contribution in [0.1, 0.15) is 37.1 Å². The summed E-state index contributed by atoms with van der Waals surface area (Å²) in [5, 5.41) is 7.26. The van der Waals surface area contributed by atoms with Crippen molar-refractivity contribution in [1.29, 1.82) is 0 Å². The molecular weight excluding hydrogens is 256 g/mol. The minimum absolute atomic E-state index is 0.119. The third kappa shape index (κ3) is 3.27. The lowest BCUT2D eigenvalue weighted by Gasteiger charge is -2.19. The maximum Gasteiger partial charge on any atom is 0.279 e. The second kappa shape index (κ2) is 5.77. The molecule has 1 aliphatic heterocycles. The highest BCUT2D eigenvalue weighted by Crippen LogP contribution is 2.12. The average molecular weight is 274 g/mol. The van der Waals surface area contributed by atoms with E-state index in [1.807, 2.05) is 0 Å². The van der Waals surface area contributed by atoms with E-state index >= 15 is 0 Å². The predicted octanol–water partition coefficient (Wildman–Crippen LogP) is 0.588. The Kier molecular flexibility index (Phi) is 4.31. The van der Waals surface area contributed by atoms with Crippen molar-refractivity contribution >= 4 is 10.2 Å². The highest BCUT2D eigenvalue weighted by atomic mass is 32.2. The van der Waals surface area contributed by atoms with Gasteiger partial charge in [-0.15, -0.1) is 0 Å². The minimum Gasteiger partial charge on any atom is -0.244 e. The molecule has 0 aromatic carbocycles. The lowest BCUT2D eigenvalue weighted by atomic mass is 10.2. The minimum atomic E-state index is -3.43. The van der Waals surface area contributed by atoms with Gasteiger partial charge in [0, 0.05) is 13.1 Å². The number of hydrogen-bond acceptors (Lipinski definition) is 5. The Hall–Kier alpha value is -0.990. The molecule has 0 unspecified atom stereocenters. The largest absolute Gasteiger partial charge is 0.279 e. The van der Waals surface area contributed by atoms with E-state index in [1.165, 1.54) is 4.31 Å². The van der Waals surface area contributed by atoms with Crippen molar-refractivity contribution in [1.82, 2.24) is 19.3 Å². The Morgan fingerprint density at radius 3 is 2.44 bits per heavy atom. The summed E-state index contributed by atoms with van der Waals surface area (Å²) < 4.78 is 32.7. The number of nitrogens with zero attached hydrogens (tertiary/aromatic N) is 3. The van der Waals surface area contributed by atoms with Crippen LogP contribution in [0.5, 0.6) is 0 Å². The van der Waals surface area contributed by atoms with E-state index in [0.717, 1.165) is 25.7 Å². The molecule has 8 heteroatoms. The zero-order chi connectivity index (χ0) is 13.0. The number of aryl methyl sites for hydroxylation is 1. The summed E-state index contributed by atoms with van der Waals surface area (Å²) in [5.74, 6) is 0. The Bertz CT molecular complexity index is 477. The summed E-state index contributed by atoms with van der Waals surface area (Å²) >= 11 is 0. The molecule has 2 heterocycles. The summed E-state index contributed by atoms with van der Waals surface area (Å²) in [6.07, 6.45) is 4.04. The molecule has 0 atom stereocenters. The zero-order valence-corrected chi connectivity index (χ0v) is 11.2. The molecule has 0 aliphatic carbocycles. The van der Waals surface area contributed by atoms with Gasteiger partial charge in [-0.2, -0.15) is 17.4 Å². The van der Waals surface area contributed by atoms with E-state index in [0.29, 0.717) is 24.5 Å². The van der Waals surface area contributed by atoms with Crippen LogP contribution < -0.4 is 4.72 Å². The van der Waals surface area contributed by atoms with Crippen molar-refractivity contribution in [2.24, 2.45) is 0 Å². The van der Waals surface area contributed by atoms with Crippen molar-refractivity contribution in [2.45, 2.75) is 39.2 Å². The van der Waals surface area contributed by atoms with E-state index in [1.54, 1.807) is 6.92 Å². The lowest BCUT2D eigenvalue weighted by molar-refractivity contribution is 0.301. The molecule has 2 rings (SSSR count). The van der Waals surface area contributed by atoms with Gasteiger partial charge in [0.25, 0.3) is 10.2 Å². The van der Waals surface area contributed by atoms with E-state index in [9.17, 15) is 8.42 Å². The van der Waals surface area contributed by atoms with Crippen LogP contribution >= 0.6 is 0 Å². The van der Waals surface area contributed by atoms with Crippen molar-refractivity contribution < 1.29 is 13.0 Å². The van der Waals surface area contributed by atoms with E-state index in [2.05, 4.69) is 19.7 Å². The van der Waals surface area contributed by atoms with Crippen LogP contribution in [-0.4, -0.2) is 36.1 Å². The monoisotopic (exact) mass is 274 g/mol. The van der Waals surface area contributed by atoms with E-state index in [-0.39, 0.29) is 6.54 Å². The Labute approximate surface area is 107 Å². The first-order chi connectivity index (χ1) is 8.59. The molecule has 0 amide bonds.